The molecule has 1 fully saturated rings. The molecule has 3 heteroatoms. The minimum Gasteiger partial charge on any atom is -0.373 e. The summed E-state index contributed by atoms with van der Waals surface area (Å²) >= 11 is 0. The molecule has 1 saturated heterocycles. The molecule has 1 aliphatic heterocycles. The van der Waals surface area contributed by atoms with E-state index in [0.29, 0.717) is 6.04 Å². The first-order valence-electron chi connectivity index (χ1n) is 8.01. The molecule has 21 heavy (non-hydrogen) atoms. The van der Waals surface area contributed by atoms with Crippen molar-refractivity contribution in [2.24, 2.45) is 0 Å². The fraction of sp³-hybridized carbons (Fsp3) is 0.667. The molecular weight excluding hydrogens is 260 g/mol. The predicted octanol–water partition coefficient (Wildman–Crippen LogP) is 3.06. The summed E-state index contributed by atoms with van der Waals surface area (Å²) in [6, 6.07) is 7.27. The largest absolute Gasteiger partial charge is 0.373 e. The summed E-state index contributed by atoms with van der Waals surface area (Å²) in [5.74, 6) is 0. The summed E-state index contributed by atoms with van der Waals surface area (Å²) in [5.41, 5.74) is 4.09. The van der Waals surface area contributed by atoms with Crippen LogP contribution in [0.4, 0.5) is 0 Å². The van der Waals surface area contributed by atoms with E-state index in [-0.39, 0.29) is 5.60 Å². The molecule has 0 spiro atoms. The number of nitrogens with zero attached hydrogens (tertiary/aromatic N) is 1. The van der Waals surface area contributed by atoms with E-state index in [9.17, 15) is 0 Å². The van der Waals surface area contributed by atoms with Crippen molar-refractivity contribution in [3.63, 3.8) is 0 Å². The van der Waals surface area contributed by atoms with E-state index in [2.05, 4.69) is 63.2 Å². The van der Waals surface area contributed by atoms with Gasteiger partial charge in [0.2, 0.25) is 0 Å². The van der Waals surface area contributed by atoms with Crippen LogP contribution in [0.3, 0.4) is 0 Å². The second-order valence-electron chi connectivity index (χ2n) is 6.94. The standard InChI is InChI=1S/C18H30N2O/c1-14-10-15(2)12-16(11-14)17(19-5)6-7-20-8-9-21-18(3,4)13-20/h10-12,17,19H,6-9,13H2,1-5H3. The quantitative estimate of drug-likeness (QED) is 0.902. The second kappa shape index (κ2) is 6.91. The van der Waals surface area contributed by atoms with Crippen LogP contribution in [-0.2, 0) is 4.74 Å². The number of benzene rings is 1. The zero-order chi connectivity index (χ0) is 15.5. The third-order valence-electron chi connectivity index (χ3n) is 4.23. The number of hydrogen-bond acceptors (Lipinski definition) is 3. The van der Waals surface area contributed by atoms with Gasteiger partial charge in [-0.25, -0.2) is 0 Å². The maximum atomic E-state index is 5.79. The van der Waals surface area contributed by atoms with Crippen LogP contribution in [0.1, 0.15) is 43.0 Å². The summed E-state index contributed by atoms with van der Waals surface area (Å²) in [7, 11) is 2.06. The van der Waals surface area contributed by atoms with Crippen molar-refractivity contribution in [2.75, 3.05) is 33.3 Å². The van der Waals surface area contributed by atoms with Crippen LogP contribution < -0.4 is 5.32 Å². The van der Waals surface area contributed by atoms with Crippen LogP contribution in [-0.4, -0.2) is 43.8 Å². The molecule has 1 aromatic carbocycles. The predicted molar refractivity (Wildman–Crippen MR) is 88.8 cm³/mol. The molecule has 1 heterocycles. The van der Waals surface area contributed by atoms with Gasteiger partial charge in [0, 0.05) is 25.7 Å². The van der Waals surface area contributed by atoms with E-state index in [4.69, 9.17) is 4.74 Å². The highest BCUT2D eigenvalue weighted by Crippen LogP contribution is 2.22. The molecule has 1 aromatic rings. The Kier molecular flexibility index (Phi) is 5.42. The van der Waals surface area contributed by atoms with Gasteiger partial charge in [0.05, 0.1) is 12.2 Å². The Bertz CT molecular complexity index is 450. The summed E-state index contributed by atoms with van der Waals surface area (Å²) in [6.45, 7) is 12.7. The highest BCUT2D eigenvalue weighted by atomic mass is 16.5. The van der Waals surface area contributed by atoms with Gasteiger partial charge in [0.1, 0.15) is 0 Å². The Labute approximate surface area is 129 Å². The van der Waals surface area contributed by atoms with E-state index in [0.717, 1.165) is 32.7 Å². The van der Waals surface area contributed by atoms with Gasteiger partial charge >= 0.3 is 0 Å². The lowest BCUT2D eigenvalue weighted by Gasteiger charge is -2.38. The summed E-state index contributed by atoms with van der Waals surface area (Å²) in [4.78, 5) is 2.52. The number of hydrogen-bond donors (Lipinski definition) is 1. The molecule has 0 radical (unpaired) electrons. The topological polar surface area (TPSA) is 24.5 Å². The van der Waals surface area contributed by atoms with Crippen LogP contribution in [0.2, 0.25) is 0 Å². The minimum atomic E-state index is -0.00663. The lowest BCUT2D eigenvalue weighted by molar-refractivity contribution is -0.0864. The maximum Gasteiger partial charge on any atom is 0.0753 e. The highest BCUT2D eigenvalue weighted by molar-refractivity contribution is 5.30. The van der Waals surface area contributed by atoms with Gasteiger partial charge in [-0.3, -0.25) is 4.90 Å². The fourth-order valence-corrected chi connectivity index (χ4v) is 3.31. The average Bonchev–Trinajstić information content (AvgIpc) is 2.37. The fourth-order valence-electron chi connectivity index (χ4n) is 3.31. The number of rotatable bonds is 5. The van der Waals surface area contributed by atoms with Crippen molar-refractivity contribution in [2.45, 2.75) is 45.8 Å². The smallest absolute Gasteiger partial charge is 0.0753 e. The highest BCUT2D eigenvalue weighted by Gasteiger charge is 2.27. The molecule has 3 nitrogen and oxygen atoms in total. The van der Waals surface area contributed by atoms with Crippen LogP contribution in [0.25, 0.3) is 0 Å². The van der Waals surface area contributed by atoms with Crippen molar-refractivity contribution in [3.8, 4) is 0 Å². The Hall–Kier alpha value is -0.900. The Morgan fingerprint density at radius 1 is 1.24 bits per heavy atom. The molecule has 0 amide bonds. The van der Waals surface area contributed by atoms with Crippen molar-refractivity contribution in [1.29, 1.82) is 0 Å². The first kappa shape index (κ1) is 16.5. The summed E-state index contributed by atoms with van der Waals surface area (Å²) in [6.07, 6.45) is 1.13. The molecular formula is C18H30N2O. The maximum absolute atomic E-state index is 5.79. The van der Waals surface area contributed by atoms with Gasteiger partial charge in [0.15, 0.2) is 0 Å². The molecule has 1 N–H and O–H groups in total. The minimum absolute atomic E-state index is 0.00663. The Morgan fingerprint density at radius 3 is 2.48 bits per heavy atom. The van der Waals surface area contributed by atoms with Gasteiger partial charge in [-0.05, 0) is 46.7 Å². The summed E-state index contributed by atoms with van der Waals surface area (Å²) < 4.78 is 5.79. The molecule has 118 valence electrons. The molecule has 0 saturated carbocycles. The van der Waals surface area contributed by atoms with Crippen molar-refractivity contribution < 1.29 is 4.74 Å². The number of nitrogens with one attached hydrogen (secondary N) is 1. The zero-order valence-corrected chi connectivity index (χ0v) is 14.2. The molecule has 1 unspecified atom stereocenters. The lowest BCUT2D eigenvalue weighted by Crippen LogP contribution is -2.48. The summed E-state index contributed by atoms with van der Waals surface area (Å²) in [5, 5.41) is 3.48. The lowest BCUT2D eigenvalue weighted by atomic mass is 9.98. The van der Waals surface area contributed by atoms with E-state index >= 15 is 0 Å². The normalized spacial score (nSPS) is 20.4. The first-order chi connectivity index (χ1) is 9.89. The average molecular weight is 290 g/mol. The second-order valence-corrected chi connectivity index (χ2v) is 6.94. The van der Waals surface area contributed by atoms with Crippen LogP contribution in [0.5, 0.6) is 0 Å². The van der Waals surface area contributed by atoms with Crippen molar-refractivity contribution in [3.05, 3.63) is 34.9 Å². The molecule has 2 rings (SSSR count). The third kappa shape index (κ3) is 4.80. The van der Waals surface area contributed by atoms with Gasteiger partial charge in [0.25, 0.3) is 0 Å². The third-order valence-corrected chi connectivity index (χ3v) is 4.23. The van der Waals surface area contributed by atoms with E-state index in [1.807, 2.05) is 0 Å². The van der Waals surface area contributed by atoms with Crippen LogP contribution in [0.15, 0.2) is 18.2 Å². The molecule has 1 aliphatic rings. The van der Waals surface area contributed by atoms with E-state index < -0.39 is 0 Å². The van der Waals surface area contributed by atoms with E-state index in [1.54, 1.807) is 0 Å². The zero-order valence-electron chi connectivity index (χ0n) is 14.2. The Morgan fingerprint density at radius 2 is 1.90 bits per heavy atom. The van der Waals surface area contributed by atoms with Gasteiger partial charge in [-0.1, -0.05) is 29.3 Å². The van der Waals surface area contributed by atoms with E-state index in [1.165, 1.54) is 16.7 Å². The number of aryl methyl sites for hydroxylation is 2. The van der Waals surface area contributed by atoms with Crippen molar-refractivity contribution >= 4 is 0 Å². The van der Waals surface area contributed by atoms with Crippen LogP contribution >= 0.6 is 0 Å². The molecule has 1 atom stereocenters. The molecule has 0 aliphatic carbocycles. The first-order valence-corrected chi connectivity index (χ1v) is 8.01. The number of ether oxygens (including phenoxy) is 1. The van der Waals surface area contributed by atoms with Crippen LogP contribution in [0, 0.1) is 13.8 Å². The van der Waals surface area contributed by atoms with Gasteiger partial charge < -0.3 is 10.1 Å². The SMILES string of the molecule is CNC(CCN1CCOC(C)(C)C1)c1cc(C)cc(C)c1. The van der Waals surface area contributed by atoms with Gasteiger partial charge in [-0.15, -0.1) is 0 Å². The number of morpholine rings is 1. The molecule has 0 aromatic heterocycles. The molecule has 0 bridgehead atoms. The van der Waals surface area contributed by atoms with Crippen molar-refractivity contribution in [1.82, 2.24) is 10.2 Å². The van der Waals surface area contributed by atoms with Gasteiger partial charge in [-0.2, -0.15) is 0 Å². The Balaban J connectivity index is 1.96. The monoisotopic (exact) mass is 290 g/mol.